The Hall–Kier alpha value is -2.25. The molecule has 144 valence electrons. The number of amides is 2. The predicted molar refractivity (Wildman–Crippen MR) is 109 cm³/mol. The third-order valence-corrected chi connectivity index (χ3v) is 5.44. The van der Waals surface area contributed by atoms with Crippen molar-refractivity contribution in [3.05, 3.63) is 40.4 Å². The van der Waals surface area contributed by atoms with E-state index in [1.807, 2.05) is 44.4 Å². The first-order valence-corrected chi connectivity index (χ1v) is 10.1. The highest BCUT2D eigenvalue weighted by Crippen LogP contribution is 2.27. The summed E-state index contributed by atoms with van der Waals surface area (Å²) >= 11 is 1.42. The van der Waals surface area contributed by atoms with Crippen LogP contribution < -0.4 is 10.6 Å². The third kappa shape index (κ3) is 5.87. The maximum atomic E-state index is 12.5. The van der Waals surface area contributed by atoms with Crippen molar-refractivity contribution in [1.29, 1.82) is 0 Å². The number of hydrogen-bond acceptors (Lipinski definition) is 5. The van der Waals surface area contributed by atoms with Gasteiger partial charge in [0, 0.05) is 30.1 Å². The molecule has 1 saturated carbocycles. The molecule has 27 heavy (non-hydrogen) atoms. The van der Waals surface area contributed by atoms with Crippen molar-refractivity contribution in [2.24, 2.45) is 0 Å². The van der Waals surface area contributed by atoms with Crippen LogP contribution in [0.5, 0.6) is 0 Å². The van der Waals surface area contributed by atoms with Crippen LogP contribution in [0.4, 0.5) is 10.8 Å². The van der Waals surface area contributed by atoms with Crippen LogP contribution in [0, 0.1) is 20.8 Å². The summed E-state index contributed by atoms with van der Waals surface area (Å²) in [5.74, 6) is -0.100. The van der Waals surface area contributed by atoms with E-state index in [9.17, 15) is 9.59 Å². The highest BCUT2D eigenvalue weighted by molar-refractivity contribution is 7.13. The number of anilines is 2. The number of aromatic nitrogens is 1. The van der Waals surface area contributed by atoms with E-state index < -0.39 is 0 Å². The van der Waals surface area contributed by atoms with E-state index in [1.165, 1.54) is 11.3 Å². The molecule has 2 N–H and O–H groups in total. The maximum absolute atomic E-state index is 12.5. The first kappa shape index (κ1) is 19.5. The first-order chi connectivity index (χ1) is 12.9. The van der Waals surface area contributed by atoms with Crippen LogP contribution in [0.3, 0.4) is 0 Å². The maximum Gasteiger partial charge on any atom is 0.238 e. The lowest BCUT2D eigenvalue weighted by molar-refractivity contribution is -0.119. The lowest BCUT2D eigenvalue weighted by atomic mass is 10.1. The molecule has 1 fully saturated rings. The Kier molecular flexibility index (Phi) is 6.23. The monoisotopic (exact) mass is 386 g/mol. The molecule has 1 aliphatic carbocycles. The van der Waals surface area contributed by atoms with Crippen LogP contribution in [-0.4, -0.2) is 40.8 Å². The molecule has 6 nitrogen and oxygen atoms in total. The van der Waals surface area contributed by atoms with E-state index in [-0.39, 0.29) is 11.8 Å². The number of carbonyl (C=O) groups excluding carboxylic acids is 2. The van der Waals surface area contributed by atoms with Crippen molar-refractivity contribution >= 4 is 34.0 Å². The van der Waals surface area contributed by atoms with Crippen molar-refractivity contribution in [3.8, 4) is 0 Å². The minimum atomic E-state index is -0.0649. The average molecular weight is 387 g/mol. The van der Waals surface area contributed by atoms with Gasteiger partial charge in [0.15, 0.2) is 5.13 Å². The quantitative estimate of drug-likeness (QED) is 0.728. The fraction of sp³-hybridized carbons (Fsp3) is 0.450. The van der Waals surface area contributed by atoms with Gasteiger partial charge in [-0.25, -0.2) is 4.98 Å². The van der Waals surface area contributed by atoms with Gasteiger partial charge in [0.1, 0.15) is 0 Å². The number of benzene rings is 1. The van der Waals surface area contributed by atoms with Crippen molar-refractivity contribution in [3.63, 3.8) is 0 Å². The summed E-state index contributed by atoms with van der Waals surface area (Å²) < 4.78 is 0. The average Bonchev–Trinajstić information content (AvgIpc) is 3.38. The smallest absolute Gasteiger partial charge is 0.238 e. The number of nitrogens with zero attached hydrogens (tertiary/aromatic N) is 2. The van der Waals surface area contributed by atoms with Gasteiger partial charge < -0.3 is 10.6 Å². The Morgan fingerprint density at radius 2 is 1.96 bits per heavy atom. The van der Waals surface area contributed by atoms with Gasteiger partial charge in [0.2, 0.25) is 11.8 Å². The molecule has 2 amide bonds. The van der Waals surface area contributed by atoms with E-state index in [4.69, 9.17) is 0 Å². The van der Waals surface area contributed by atoms with Gasteiger partial charge in [0.05, 0.1) is 12.2 Å². The Morgan fingerprint density at radius 1 is 1.19 bits per heavy atom. The van der Waals surface area contributed by atoms with Crippen molar-refractivity contribution < 1.29 is 9.59 Å². The molecular formula is C20H26N4O2S. The lowest BCUT2D eigenvalue weighted by Crippen LogP contribution is -2.37. The van der Waals surface area contributed by atoms with Crippen LogP contribution >= 0.6 is 11.3 Å². The van der Waals surface area contributed by atoms with E-state index in [2.05, 4.69) is 20.5 Å². The Bertz CT molecular complexity index is 829. The molecule has 0 unspecified atom stereocenters. The molecule has 3 rings (SSSR count). The van der Waals surface area contributed by atoms with E-state index in [1.54, 1.807) is 0 Å². The molecule has 7 heteroatoms. The highest BCUT2D eigenvalue weighted by atomic mass is 32.1. The summed E-state index contributed by atoms with van der Waals surface area (Å²) in [5.41, 5.74) is 3.92. The van der Waals surface area contributed by atoms with E-state index >= 15 is 0 Å². The zero-order chi connectivity index (χ0) is 19.4. The van der Waals surface area contributed by atoms with Crippen LogP contribution in [0.1, 0.15) is 36.1 Å². The van der Waals surface area contributed by atoms with Gasteiger partial charge in [-0.05, 0) is 50.8 Å². The van der Waals surface area contributed by atoms with Gasteiger partial charge >= 0.3 is 0 Å². The fourth-order valence-electron chi connectivity index (χ4n) is 2.91. The fourth-order valence-corrected chi connectivity index (χ4v) is 3.62. The molecule has 0 bridgehead atoms. The number of aryl methyl sites for hydroxylation is 3. The minimum absolute atomic E-state index is 0.0356. The van der Waals surface area contributed by atoms with Crippen LogP contribution in [0.25, 0.3) is 0 Å². The number of rotatable bonds is 8. The van der Waals surface area contributed by atoms with Gasteiger partial charge in [-0.15, -0.1) is 11.3 Å². The van der Waals surface area contributed by atoms with Crippen LogP contribution in [0.15, 0.2) is 23.6 Å². The normalized spacial score (nSPS) is 13.6. The SMILES string of the molecule is Cc1ccc(C)c(NC(=O)CN(CCC(=O)Nc2nc(C)cs2)C2CC2)c1. The minimum Gasteiger partial charge on any atom is -0.325 e. The van der Waals surface area contributed by atoms with Gasteiger partial charge in [-0.1, -0.05) is 12.1 Å². The van der Waals surface area contributed by atoms with Crippen molar-refractivity contribution in [1.82, 2.24) is 9.88 Å². The lowest BCUT2D eigenvalue weighted by Gasteiger charge is -2.21. The second-order valence-electron chi connectivity index (χ2n) is 7.16. The zero-order valence-electron chi connectivity index (χ0n) is 16.0. The van der Waals surface area contributed by atoms with Crippen LogP contribution in [0.2, 0.25) is 0 Å². The summed E-state index contributed by atoms with van der Waals surface area (Å²) in [4.78, 5) is 31.0. The van der Waals surface area contributed by atoms with Gasteiger partial charge in [-0.3, -0.25) is 14.5 Å². The molecule has 1 aliphatic rings. The first-order valence-electron chi connectivity index (χ1n) is 9.24. The predicted octanol–water partition coefficient (Wildman–Crippen LogP) is 3.50. The van der Waals surface area contributed by atoms with Crippen molar-refractivity contribution in [2.45, 2.75) is 46.1 Å². The number of thiazole rings is 1. The number of nitrogens with one attached hydrogen (secondary N) is 2. The molecule has 0 saturated heterocycles. The summed E-state index contributed by atoms with van der Waals surface area (Å²) in [7, 11) is 0. The van der Waals surface area contributed by atoms with E-state index in [0.29, 0.717) is 30.7 Å². The molecule has 0 aliphatic heterocycles. The molecule has 1 heterocycles. The standard InChI is InChI=1S/C20H26N4O2S/c1-13-4-5-14(2)17(10-13)22-19(26)11-24(16-6-7-16)9-8-18(25)23-20-21-15(3)12-27-20/h4-5,10,12,16H,6-9,11H2,1-3H3,(H,22,26)(H,21,23,25). The topological polar surface area (TPSA) is 74.3 Å². The molecular weight excluding hydrogens is 360 g/mol. The Morgan fingerprint density at radius 3 is 2.63 bits per heavy atom. The molecule has 1 aromatic heterocycles. The summed E-state index contributed by atoms with van der Waals surface area (Å²) in [6, 6.07) is 6.43. The second-order valence-corrected chi connectivity index (χ2v) is 8.02. The Labute approximate surface area is 164 Å². The number of hydrogen-bond donors (Lipinski definition) is 2. The number of carbonyl (C=O) groups is 2. The third-order valence-electron chi connectivity index (χ3n) is 4.57. The summed E-state index contributed by atoms with van der Waals surface area (Å²) in [6.07, 6.45) is 2.53. The zero-order valence-corrected chi connectivity index (χ0v) is 16.9. The molecule has 0 atom stereocenters. The molecule has 1 aromatic carbocycles. The van der Waals surface area contributed by atoms with Crippen LogP contribution in [-0.2, 0) is 9.59 Å². The Balaban J connectivity index is 1.50. The molecule has 0 spiro atoms. The molecule has 0 radical (unpaired) electrons. The highest BCUT2D eigenvalue weighted by Gasteiger charge is 2.30. The van der Waals surface area contributed by atoms with E-state index in [0.717, 1.165) is 35.3 Å². The van der Waals surface area contributed by atoms with Crippen molar-refractivity contribution in [2.75, 3.05) is 23.7 Å². The summed E-state index contributed by atoms with van der Waals surface area (Å²) in [5, 5.41) is 8.36. The largest absolute Gasteiger partial charge is 0.325 e. The van der Waals surface area contributed by atoms with Gasteiger partial charge in [0.25, 0.3) is 0 Å². The summed E-state index contributed by atoms with van der Waals surface area (Å²) in [6.45, 7) is 6.77. The van der Waals surface area contributed by atoms with Gasteiger partial charge in [-0.2, -0.15) is 0 Å². The second kappa shape index (κ2) is 8.63. The molecule has 2 aromatic rings.